The van der Waals surface area contributed by atoms with Crippen molar-refractivity contribution in [1.82, 2.24) is 0 Å². The Balaban J connectivity index is 2.77. The van der Waals surface area contributed by atoms with Crippen LogP contribution >= 0.6 is 0 Å². The first-order valence-electron chi connectivity index (χ1n) is 6.04. The zero-order chi connectivity index (χ0) is 13.3. The molecule has 18 heavy (non-hydrogen) atoms. The highest BCUT2D eigenvalue weighted by Gasteiger charge is 2.14. The highest BCUT2D eigenvalue weighted by Crippen LogP contribution is 2.37. The van der Waals surface area contributed by atoms with Crippen LogP contribution in [0.15, 0.2) is 30.3 Å². The molecule has 0 aromatic heterocycles. The molecule has 0 fully saturated rings. The molecule has 0 heterocycles. The molecule has 2 N–H and O–H groups in total. The van der Waals surface area contributed by atoms with Gasteiger partial charge < -0.3 is 10.2 Å². The van der Waals surface area contributed by atoms with Gasteiger partial charge in [0.15, 0.2) is 0 Å². The summed E-state index contributed by atoms with van der Waals surface area (Å²) in [4.78, 5) is 0. The Kier molecular flexibility index (Phi) is 3.39. The second-order valence-electron chi connectivity index (χ2n) is 4.74. The average molecular weight is 242 g/mol. The zero-order valence-electron chi connectivity index (χ0n) is 11.0. The molecule has 0 radical (unpaired) electrons. The van der Waals surface area contributed by atoms with E-state index in [9.17, 15) is 10.2 Å². The molecule has 0 aliphatic carbocycles. The van der Waals surface area contributed by atoms with Gasteiger partial charge >= 0.3 is 0 Å². The van der Waals surface area contributed by atoms with Crippen molar-refractivity contribution in [3.8, 4) is 16.9 Å². The lowest BCUT2D eigenvalue weighted by atomic mass is 9.91. The van der Waals surface area contributed by atoms with Crippen molar-refractivity contribution >= 4 is 0 Å². The number of hydrogen-bond donors (Lipinski definition) is 2. The van der Waals surface area contributed by atoms with Crippen molar-refractivity contribution in [2.45, 2.75) is 27.4 Å². The summed E-state index contributed by atoms with van der Waals surface area (Å²) in [5, 5.41) is 19.6. The highest BCUT2D eigenvalue weighted by atomic mass is 16.3. The summed E-state index contributed by atoms with van der Waals surface area (Å²) < 4.78 is 0. The van der Waals surface area contributed by atoms with Crippen molar-refractivity contribution in [2.24, 2.45) is 0 Å². The minimum absolute atomic E-state index is 0.0240. The number of hydrogen-bond acceptors (Lipinski definition) is 2. The SMILES string of the molecule is Cc1cc(C)c(-c2c(C)cccc2CO)c(O)c1. The van der Waals surface area contributed by atoms with Gasteiger partial charge in [-0.25, -0.2) is 0 Å². The van der Waals surface area contributed by atoms with Gasteiger partial charge in [0.05, 0.1) is 6.61 Å². The lowest BCUT2D eigenvalue weighted by Crippen LogP contribution is -1.95. The first-order valence-corrected chi connectivity index (χ1v) is 6.04. The molecule has 2 aromatic carbocycles. The molecule has 0 amide bonds. The number of aliphatic hydroxyl groups excluding tert-OH is 1. The molecule has 0 saturated carbocycles. The number of aryl methyl sites for hydroxylation is 3. The molecule has 94 valence electrons. The first-order chi connectivity index (χ1) is 8.54. The normalized spacial score (nSPS) is 10.7. The molecule has 0 bridgehead atoms. The van der Waals surface area contributed by atoms with Crippen LogP contribution in [0, 0.1) is 20.8 Å². The van der Waals surface area contributed by atoms with Crippen LogP contribution in [0.25, 0.3) is 11.1 Å². The standard InChI is InChI=1S/C16H18O2/c1-10-7-12(3)16(14(18)8-10)15-11(2)5-4-6-13(15)9-17/h4-8,17-18H,9H2,1-3H3. The molecule has 0 aliphatic heterocycles. The lowest BCUT2D eigenvalue weighted by molar-refractivity contribution is 0.282. The Morgan fingerprint density at radius 2 is 1.67 bits per heavy atom. The van der Waals surface area contributed by atoms with Gasteiger partial charge in [0.2, 0.25) is 0 Å². The minimum atomic E-state index is -0.0240. The maximum atomic E-state index is 10.2. The summed E-state index contributed by atoms with van der Waals surface area (Å²) in [6, 6.07) is 9.61. The molecule has 0 spiro atoms. The predicted molar refractivity (Wildman–Crippen MR) is 73.7 cm³/mol. The third-order valence-electron chi connectivity index (χ3n) is 3.24. The molecule has 2 nitrogen and oxygen atoms in total. The number of rotatable bonds is 2. The average Bonchev–Trinajstić information content (AvgIpc) is 2.29. The van der Waals surface area contributed by atoms with E-state index in [2.05, 4.69) is 0 Å². The summed E-state index contributed by atoms with van der Waals surface area (Å²) in [7, 11) is 0. The number of aliphatic hydroxyl groups is 1. The highest BCUT2D eigenvalue weighted by molar-refractivity contribution is 5.79. The van der Waals surface area contributed by atoms with E-state index in [0.717, 1.165) is 33.4 Å². The molecule has 0 aliphatic rings. The topological polar surface area (TPSA) is 40.5 Å². The van der Waals surface area contributed by atoms with Crippen molar-refractivity contribution in [1.29, 1.82) is 0 Å². The van der Waals surface area contributed by atoms with E-state index in [0.29, 0.717) is 0 Å². The van der Waals surface area contributed by atoms with Gasteiger partial charge in [-0.1, -0.05) is 24.3 Å². The fraction of sp³-hybridized carbons (Fsp3) is 0.250. The maximum Gasteiger partial charge on any atom is 0.123 e. The zero-order valence-corrected chi connectivity index (χ0v) is 11.0. The Labute approximate surface area is 108 Å². The van der Waals surface area contributed by atoms with Crippen LogP contribution in [-0.4, -0.2) is 10.2 Å². The first kappa shape index (κ1) is 12.7. The van der Waals surface area contributed by atoms with Crippen LogP contribution in [-0.2, 0) is 6.61 Å². The number of phenols is 1. The van der Waals surface area contributed by atoms with Gasteiger partial charge in [-0.15, -0.1) is 0 Å². The predicted octanol–water partition coefficient (Wildman–Crippen LogP) is 3.48. The van der Waals surface area contributed by atoms with Gasteiger partial charge in [-0.2, -0.15) is 0 Å². The lowest BCUT2D eigenvalue weighted by Gasteiger charge is -2.16. The number of aromatic hydroxyl groups is 1. The van der Waals surface area contributed by atoms with Crippen molar-refractivity contribution in [3.05, 3.63) is 52.6 Å². The van der Waals surface area contributed by atoms with Crippen LogP contribution in [0.2, 0.25) is 0 Å². The molecule has 0 atom stereocenters. The van der Waals surface area contributed by atoms with Crippen LogP contribution in [0.5, 0.6) is 5.75 Å². The summed E-state index contributed by atoms with van der Waals surface area (Å²) >= 11 is 0. The van der Waals surface area contributed by atoms with E-state index in [4.69, 9.17) is 0 Å². The summed E-state index contributed by atoms with van der Waals surface area (Å²) in [6.45, 7) is 5.91. The Bertz CT molecular complexity index is 563. The van der Waals surface area contributed by atoms with Crippen molar-refractivity contribution in [2.75, 3.05) is 0 Å². The number of benzene rings is 2. The Hall–Kier alpha value is -1.80. The van der Waals surface area contributed by atoms with E-state index in [1.807, 2.05) is 45.0 Å². The van der Waals surface area contributed by atoms with Gasteiger partial charge in [0.1, 0.15) is 5.75 Å². The number of phenolic OH excluding ortho intramolecular Hbond substituents is 1. The molecule has 2 heteroatoms. The third-order valence-corrected chi connectivity index (χ3v) is 3.24. The largest absolute Gasteiger partial charge is 0.507 e. The minimum Gasteiger partial charge on any atom is -0.507 e. The third kappa shape index (κ3) is 2.12. The maximum absolute atomic E-state index is 10.2. The summed E-state index contributed by atoms with van der Waals surface area (Å²) in [5.41, 5.74) is 5.73. The quantitative estimate of drug-likeness (QED) is 0.846. The smallest absolute Gasteiger partial charge is 0.123 e. The van der Waals surface area contributed by atoms with E-state index in [1.54, 1.807) is 6.07 Å². The van der Waals surface area contributed by atoms with E-state index >= 15 is 0 Å². The Morgan fingerprint density at radius 3 is 2.28 bits per heavy atom. The van der Waals surface area contributed by atoms with Crippen LogP contribution in [0.4, 0.5) is 0 Å². The van der Waals surface area contributed by atoms with Gasteiger partial charge in [-0.3, -0.25) is 0 Å². The van der Waals surface area contributed by atoms with Gasteiger partial charge in [0.25, 0.3) is 0 Å². The van der Waals surface area contributed by atoms with Crippen LogP contribution < -0.4 is 0 Å². The Morgan fingerprint density at radius 1 is 0.944 bits per heavy atom. The molecular formula is C16H18O2. The van der Waals surface area contributed by atoms with E-state index in [1.165, 1.54) is 0 Å². The van der Waals surface area contributed by atoms with Crippen LogP contribution in [0.3, 0.4) is 0 Å². The monoisotopic (exact) mass is 242 g/mol. The molecule has 0 saturated heterocycles. The van der Waals surface area contributed by atoms with E-state index < -0.39 is 0 Å². The van der Waals surface area contributed by atoms with Gasteiger partial charge in [0, 0.05) is 5.56 Å². The molecule has 0 unspecified atom stereocenters. The van der Waals surface area contributed by atoms with Crippen LogP contribution in [0.1, 0.15) is 22.3 Å². The summed E-state index contributed by atoms with van der Waals surface area (Å²) in [5.74, 6) is 0.275. The molecule has 2 rings (SSSR count). The van der Waals surface area contributed by atoms with Gasteiger partial charge in [-0.05, 0) is 54.7 Å². The summed E-state index contributed by atoms with van der Waals surface area (Å²) in [6.07, 6.45) is 0. The van der Waals surface area contributed by atoms with Crippen molar-refractivity contribution < 1.29 is 10.2 Å². The fourth-order valence-corrected chi connectivity index (χ4v) is 2.49. The fourth-order valence-electron chi connectivity index (χ4n) is 2.49. The second kappa shape index (κ2) is 4.83. The molecular weight excluding hydrogens is 224 g/mol. The van der Waals surface area contributed by atoms with Crippen molar-refractivity contribution in [3.63, 3.8) is 0 Å². The molecule has 2 aromatic rings. The second-order valence-corrected chi connectivity index (χ2v) is 4.74. The van der Waals surface area contributed by atoms with E-state index in [-0.39, 0.29) is 12.4 Å².